The summed E-state index contributed by atoms with van der Waals surface area (Å²) in [4.78, 5) is 40.4. The van der Waals surface area contributed by atoms with Crippen LogP contribution in [0.3, 0.4) is 0 Å². The topological polar surface area (TPSA) is 90.0 Å². The van der Waals surface area contributed by atoms with Crippen LogP contribution in [0.2, 0.25) is 0 Å². The van der Waals surface area contributed by atoms with Crippen molar-refractivity contribution in [1.82, 2.24) is 15.1 Å². The molecule has 7 heteroatoms. The average Bonchev–Trinajstić information content (AvgIpc) is 3.37. The Bertz CT molecular complexity index is 685. The Labute approximate surface area is 153 Å². The van der Waals surface area contributed by atoms with Crippen LogP contribution in [0.5, 0.6) is 0 Å². The molecule has 0 aliphatic carbocycles. The Balaban J connectivity index is 1.70. The Morgan fingerprint density at radius 3 is 2.54 bits per heavy atom. The van der Waals surface area contributed by atoms with Gasteiger partial charge in [-0.15, -0.1) is 0 Å². The lowest BCUT2D eigenvalue weighted by Crippen LogP contribution is -2.42. The predicted molar refractivity (Wildman–Crippen MR) is 95.6 cm³/mol. The van der Waals surface area contributed by atoms with E-state index in [0.717, 1.165) is 37.9 Å². The number of aliphatic hydroxyl groups is 1. The third-order valence-corrected chi connectivity index (χ3v) is 5.11. The second-order valence-electron chi connectivity index (χ2n) is 6.79. The Kier molecular flexibility index (Phi) is 5.88. The molecule has 0 radical (unpaired) electrons. The van der Waals surface area contributed by atoms with E-state index in [-0.39, 0.29) is 24.3 Å². The van der Waals surface area contributed by atoms with Gasteiger partial charge in [-0.2, -0.15) is 0 Å². The monoisotopic (exact) mass is 359 g/mol. The van der Waals surface area contributed by atoms with Crippen molar-refractivity contribution in [2.75, 3.05) is 26.2 Å². The molecular formula is C19H25N3O4. The number of nitrogens with zero attached hydrogens (tertiary/aromatic N) is 2. The van der Waals surface area contributed by atoms with E-state index >= 15 is 0 Å². The van der Waals surface area contributed by atoms with Gasteiger partial charge in [-0.05, 0) is 37.3 Å². The Morgan fingerprint density at radius 1 is 1.08 bits per heavy atom. The summed E-state index contributed by atoms with van der Waals surface area (Å²) in [6.07, 6.45) is 3.38. The molecule has 140 valence electrons. The zero-order valence-corrected chi connectivity index (χ0v) is 14.8. The van der Waals surface area contributed by atoms with Crippen molar-refractivity contribution >= 4 is 17.7 Å². The summed E-state index contributed by atoms with van der Waals surface area (Å²) in [5, 5.41) is 12.0. The van der Waals surface area contributed by atoms with Crippen LogP contribution in [0.25, 0.3) is 0 Å². The molecule has 0 aromatic heterocycles. The fourth-order valence-corrected chi connectivity index (χ4v) is 3.69. The molecule has 0 unspecified atom stereocenters. The molecule has 0 saturated carbocycles. The molecule has 7 nitrogen and oxygen atoms in total. The largest absolute Gasteiger partial charge is 0.389 e. The number of hydrogen-bond acceptors (Lipinski definition) is 4. The first-order valence-electron chi connectivity index (χ1n) is 9.17. The van der Waals surface area contributed by atoms with Gasteiger partial charge in [0.15, 0.2) is 5.78 Å². The maximum atomic E-state index is 13.0. The smallest absolute Gasteiger partial charge is 0.317 e. The zero-order valence-electron chi connectivity index (χ0n) is 14.8. The lowest BCUT2D eigenvalue weighted by molar-refractivity contribution is -0.125. The van der Waals surface area contributed by atoms with Gasteiger partial charge >= 0.3 is 6.03 Å². The number of ketones is 1. The molecule has 2 aliphatic heterocycles. The lowest BCUT2D eigenvalue weighted by Gasteiger charge is -2.24. The molecule has 3 rings (SSSR count). The molecule has 2 N–H and O–H groups in total. The van der Waals surface area contributed by atoms with E-state index in [1.807, 2.05) is 12.1 Å². The third-order valence-electron chi connectivity index (χ3n) is 5.11. The SMILES string of the molecule is O=C(CO)[C@@H]1CCCN1C(=O)c1ccccc1CNC(=O)N1CCCC1. The van der Waals surface area contributed by atoms with Crippen molar-refractivity contribution in [3.63, 3.8) is 0 Å². The van der Waals surface area contributed by atoms with Gasteiger partial charge in [0.05, 0.1) is 6.04 Å². The van der Waals surface area contributed by atoms with E-state index in [2.05, 4.69) is 5.32 Å². The minimum absolute atomic E-state index is 0.112. The fraction of sp³-hybridized carbons (Fsp3) is 0.526. The van der Waals surface area contributed by atoms with Gasteiger partial charge in [0.1, 0.15) is 6.61 Å². The van der Waals surface area contributed by atoms with E-state index in [0.29, 0.717) is 18.5 Å². The first-order valence-corrected chi connectivity index (χ1v) is 9.17. The number of rotatable bonds is 5. The molecule has 1 aromatic rings. The van der Waals surface area contributed by atoms with E-state index in [1.54, 1.807) is 21.9 Å². The number of Topliss-reactive ketones (excluding diaryl/α,β-unsaturated/α-hetero) is 1. The summed E-state index contributed by atoms with van der Waals surface area (Å²) >= 11 is 0. The first-order chi connectivity index (χ1) is 12.6. The van der Waals surface area contributed by atoms with E-state index in [9.17, 15) is 14.4 Å². The molecule has 2 fully saturated rings. The van der Waals surface area contributed by atoms with Crippen LogP contribution in [0.1, 0.15) is 41.6 Å². The summed E-state index contributed by atoms with van der Waals surface area (Å²) < 4.78 is 0. The number of nitrogens with one attached hydrogen (secondary N) is 1. The van der Waals surface area contributed by atoms with Gasteiger partial charge in [-0.3, -0.25) is 9.59 Å². The summed E-state index contributed by atoms with van der Waals surface area (Å²) in [5.74, 6) is -0.545. The predicted octanol–water partition coefficient (Wildman–Crippen LogP) is 1.16. The van der Waals surface area contributed by atoms with Crippen LogP contribution < -0.4 is 5.32 Å². The van der Waals surface area contributed by atoms with E-state index < -0.39 is 12.6 Å². The highest BCUT2D eigenvalue weighted by Crippen LogP contribution is 2.22. The van der Waals surface area contributed by atoms with E-state index in [4.69, 9.17) is 5.11 Å². The van der Waals surface area contributed by atoms with Gasteiger partial charge < -0.3 is 20.2 Å². The highest BCUT2D eigenvalue weighted by molar-refractivity contribution is 5.99. The highest BCUT2D eigenvalue weighted by Gasteiger charge is 2.34. The average molecular weight is 359 g/mol. The van der Waals surface area contributed by atoms with E-state index in [1.165, 1.54) is 0 Å². The number of urea groups is 1. The normalized spacial score (nSPS) is 19.7. The van der Waals surface area contributed by atoms with Gasteiger partial charge in [-0.25, -0.2) is 4.79 Å². The van der Waals surface area contributed by atoms with Crippen molar-refractivity contribution in [1.29, 1.82) is 0 Å². The van der Waals surface area contributed by atoms with Crippen LogP contribution in [-0.2, 0) is 11.3 Å². The van der Waals surface area contributed by atoms with Gasteiger partial charge in [0.2, 0.25) is 0 Å². The first kappa shape index (κ1) is 18.4. The summed E-state index contributed by atoms with van der Waals surface area (Å²) in [6, 6.07) is 6.47. The lowest BCUT2D eigenvalue weighted by atomic mass is 10.0. The molecule has 2 heterocycles. The maximum absolute atomic E-state index is 13.0. The molecule has 3 amide bonds. The molecule has 26 heavy (non-hydrogen) atoms. The number of aliphatic hydroxyl groups excluding tert-OH is 1. The van der Waals surface area contributed by atoms with Crippen molar-refractivity contribution in [2.45, 2.75) is 38.3 Å². The highest BCUT2D eigenvalue weighted by atomic mass is 16.3. The molecule has 1 aromatic carbocycles. The van der Waals surface area contributed by atoms with Crippen molar-refractivity contribution in [3.8, 4) is 0 Å². The van der Waals surface area contributed by atoms with Crippen molar-refractivity contribution < 1.29 is 19.5 Å². The van der Waals surface area contributed by atoms with Crippen molar-refractivity contribution in [2.24, 2.45) is 0 Å². The molecular weight excluding hydrogens is 334 g/mol. The second kappa shape index (κ2) is 8.31. The van der Waals surface area contributed by atoms with Crippen LogP contribution in [0, 0.1) is 0 Å². The molecule has 2 aliphatic rings. The number of benzene rings is 1. The van der Waals surface area contributed by atoms with Crippen LogP contribution in [-0.4, -0.2) is 64.9 Å². The van der Waals surface area contributed by atoms with Gasteiger partial charge in [0.25, 0.3) is 5.91 Å². The number of likely N-dealkylation sites (tertiary alicyclic amines) is 2. The second-order valence-corrected chi connectivity index (χ2v) is 6.79. The van der Waals surface area contributed by atoms with Crippen LogP contribution in [0.4, 0.5) is 4.79 Å². The standard InChI is InChI=1S/C19H25N3O4/c23-13-17(24)16-8-5-11-22(16)18(25)15-7-2-1-6-14(15)12-20-19(26)21-9-3-4-10-21/h1-2,6-7,16,23H,3-5,8-13H2,(H,20,26)/t16-/m0/s1. The summed E-state index contributed by atoms with van der Waals surface area (Å²) in [7, 11) is 0. The Morgan fingerprint density at radius 2 is 1.81 bits per heavy atom. The molecule has 0 bridgehead atoms. The number of carbonyl (C=O) groups is 3. The molecule has 2 saturated heterocycles. The number of carbonyl (C=O) groups excluding carboxylic acids is 3. The fourth-order valence-electron chi connectivity index (χ4n) is 3.69. The number of amides is 3. The van der Waals surface area contributed by atoms with Crippen LogP contribution >= 0.6 is 0 Å². The molecule has 1 atom stereocenters. The maximum Gasteiger partial charge on any atom is 0.317 e. The van der Waals surface area contributed by atoms with Crippen molar-refractivity contribution in [3.05, 3.63) is 35.4 Å². The molecule has 0 spiro atoms. The summed E-state index contributed by atoms with van der Waals surface area (Å²) in [5.41, 5.74) is 1.22. The zero-order chi connectivity index (χ0) is 18.5. The Hall–Kier alpha value is -2.41. The summed E-state index contributed by atoms with van der Waals surface area (Å²) in [6.45, 7) is 1.76. The quantitative estimate of drug-likeness (QED) is 0.825. The van der Waals surface area contributed by atoms with Gasteiger partial charge in [-0.1, -0.05) is 18.2 Å². The minimum Gasteiger partial charge on any atom is -0.389 e. The van der Waals surface area contributed by atoms with Gasteiger partial charge in [0, 0.05) is 31.7 Å². The van der Waals surface area contributed by atoms with Crippen LogP contribution in [0.15, 0.2) is 24.3 Å². The minimum atomic E-state index is -0.556. The third kappa shape index (κ3) is 3.88. The number of hydrogen-bond donors (Lipinski definition) is 2.